The summed E-state index contributed by atoms with van der Waals surface area (Å²) in [5.74, 6) is -3.27. The van der Waals surface area contributed by atoms with E-state index >= 15 is 0 Å². The molecule has 1 atom stereocenters. The Morgan fingerprint density at radius 2 is 1.90 bits per heavy atom. The van der Waals surface area contributed by atoms with Crippen LogP contribution in [-0.2, 0) is 16.6 Å². The quantitative estimate of drug-likeness (QED) is 0.762. The van der Waals surface area contributed by atoms with E-state index in [1.54, 1.807) is 17.5 Å². The first-order valence-electron chi connectivity index (χ1n) is 5.72. The van der Waals surface area contributed by atoms with Crippen LogP contribution in [0.5, 0.6) is 0 Å². The van der Waals surface area contributed by atoms with E-state index < -0.39 is 33.7 Å². The Labute approximate surface area is 123 Å². The molecule has 0 saturated heterocycles. The van der Waals surface area contributed by atoms with Crippen LogP contribution >= 0.6 is 22.9 Å². The number of halogens is 4. The zero-order valence-electron chi connectivity index (χ0n) is 10.4. The summed E-state index contributed by atoms with van der Waals surface area (Å²) in [4.78, 5) is 12.5. The summed E-state index contributed by atoms with van der Waals surface area (Å²) in [5, 5.41) is 0.890. The molecule has 106 valence electrons. The summed E-state index contributed by atoms with van der Waals surface area (Å²) in [7, 11) is 0. The molecule has 1 nitrogen and oxygen atoms in total. The molecule has 0 fully saturated rings. The van der Waals surface area contributed by atoms with Crippen LogP contribution in [-0.4, -0.2) is 5.24 Å². The molecule has 20 heavy (non-hydrogen) atoms. The van der Waals surface area contributed by atoms with Crippen molar-refractivity contribution in [2.24, 2.45) is 0 Å². The van der Waals surface area contributed by atoms with Crippen LogP contribution in [0.25, 0.3) is 0 Å². The predicted molar refractivity (Wildman–Crippen MR) is 72.6 cm³/mol. The number of rotatable bonds is 4. The van der Waals surface area contributed by atoms with E-state index in [-0.39, 0.29) is 6.42 Å². The van der Waals surface area contributed by atoms with E-state index in [1.807, 2.05) is 0 Å². The lowest BCUT2D eigenvalue weighted by molar-refractivity contribution is -0.116. The number of thiophene rings is 1. The van der Waals surface area contributed by atoms with Gasteiger partial charge in [0.1, 0.15) is 17.5 Å². The van der Waals surface area contributed by atoms with E-state index in [4.69, 9.17) is 11.6 Å². The van der Waals surface area contributed by atoms with E-state index in [2.05, 4.69) is 0 Å². The third-order valence-corrected chi connectivity index (χ3v) is 4.39. The first-order chi connectivity index (χ1) is 9.34. The second kappa shape index (κ2) is 5.58. The molecular formula is C14H10ClF3OS. The normalized spacial score (nSPS) is 14.1. The van der Waals surface area contributed by atoms with Crippen LogP contribution in [0.4, 0.5) is 13.2 Å². The summed E-state index contributed by atoms with van der Waals surface area (Å²) >= 11 is 6.91. The van der Waals surface area contributed by atoms with Crippen molar-refractivity contribution in [3.05, 3.63) is 57.5 Å². The molecule has 0 N–H and O–H groups in total. The molecule has 2 aromatic rings. The van der Waals surface area contributed by atoms with Crippen molar-refractivity contribution in [2.45, 2.75) is 18.8 Å². The van der Waals surface area contributed by atoms with Crippen LogP contribution in [0.1, 0.15) is 17.4 Å². The number of hydrogen-bond donors (Lipinski definition) is 0. The fourth-order valence-electron chi connectivity index (χ4n) is 2.09. The summed E-state index contributed by atoms with van der Waals surface area (Å²) < 4.78 is 40.8. The smallest absolute Gasteiger partial charge is 0.232 e. The van der Waals surface area contributed by atoms with Crippen molar-refractivity contribution in [3.63, 3.8) is 0 Å². The number of carbonyl (C=O) groups is 1. The Bertz CT molecular complexity index is 619. The van der Waals surface area contributed by atoms with Crippen molar-refractivity contribution in [2.75, 3.05) is 0 Å². The molecule has 1 heterocycles. The molecule has 0 amide bonds. The minimum absolute atomic E-state index is 0.0481. The molecule has 0 aliphatic heterocycles. The molecule has 0 aliphatic carbocycles. The fourth-order valence-corrected chi connectivity index (χ4v) is 3.11. The van der Waals surface area contributed by atoms with Crippen LogP contribution in [0, 0.1) is 17.5 Å². The van der Waals surface area contributed by atoms with Gasteiger partial charge < -0.3 is 0 Å². The highest BCUT2D eigenvalue weighted by Gasteiger charge is 2.39. The highest BCUT2D eigenvalue weighted by molar-refractivity contribution is 7.09. The number of benzene rings is 1. The molecule has 2 rings (SSSR count). The van der Waals surface area contributed by atoms with Crippen molar-refractivity contribution >= 4 is 28.2 Å². The third-order valence-electron chi connectivity index (χ3n) is 3.10. The maximum atomic E-state index is 13.9. The highest BCUT2D eigenvalue weighted by atomic mass is 35.5. The lowest BCUT2D eigenvalue weighted by Crippen LogP contribution is -2.34. The topological polar surface area (TPSA) is 17.1 Å². The number of carbonyl (C=O) groups excluding carboxylic acids is 1. The molecule has 0 aliphatic rings. The van der Waals surface area contributed by atoms with E-state index in [0.717, 1.165) is 4.88 Å². The van der Waals surface area contributed by atoms with Gasteiger partial charge in [-0.25, -0.2) is 13.2 Å². The van der Waals surface area contributed by atoms with Gasteiger partial charge in [0.25, 0.3) is 0 Å². The lowest BCUT2D eigenvalue weighted by Gasteiger charge is -2.26. The Kier molecular flexibility index (Phi) is 4.20. The molecule has 0 bridgehead atoms. The van der Waals surface area contributed by atoms with E-state index in [0.29, 0.717) is 12.1 Å². The van der Waals surface area contributed by atoms with Gasteiger partial charge in [-0.05, 0) is 36.4 Å². The minimum atomic E-state index is -1.59. The Morgan fingerprint density at radius 1 is 1.30 bits per heavy atom. The standard InChI is InChI=1S/C14H10ClF3OS/c1-14(13(15)19,7-9-3-2-4-20-9)12-10(17)5-8(16)6-11(12)18/h2-6H,7H2,1H3. The van der Waals surface area contributed by atoms with E-state index in [9.17, 15) is 18.0 Å². The predicted octanol–water partition coefficient (Wildman–Crippen LogP) is 4.43. The van der Waals surface area contributed by atoms with Gasteiger partial charge in [-0.15, -0.1) is 11.3 Å². The second-order valence-electron chi connectivity index (χ2n) is 4.61. The Morgan fingerprint density at radius 3 is 2.35 bits per heavy atom. The van der Waals surface area contributed by atoms with Crippen molar-refractivity contribution < 1.29 is 18.0 Å². The SMILES string of the molecule is CC(Cc1cccs1)(C(=O)Cl)c1c(F)cc(F)cc1F. The largest absolute Gasteiger partial charge is 0.280 e. The van der Waals surface area contributed by atoms with Gasteiger partial charge in [-0.3, -0.25) is 4.79 Å². The lowest BCUT2D eigenvalue weighted by atomic mass is 9.79. The van der Waals surface area contributed by atoms with Gasteiger partial charge >= 0.3 is 0 Å². The van der Waals surface area contributed by atoms with Crippen LogP contribution in [0.2, 0.25) is 0 Å². The summed E-state index contributed by atoms with van der Waals surface area (Å²) in [6, 6.07) is 4.59. The van der Waals surface area contributed by atoms with Crippen LogP contribution in [0.15, 0.2) is 29.6 Å². The molecule has 6 heteroatoms. The van der Waals surface area contributed by atoms with Crippen molar-refractivity contribution in [1.82, 2.24) is 0 Å². The van der Waals surface area contributed by atoms with Crippen LogP contribution in [0.3, 0.4) is 0 Å². The zero-order valence-corrected chi connectivity index (χ0v) is 12.0. The van der Waals surface area contributed by atoms with Gasteiger partial charge in [0.05, 0.1) is 5.41 Å². The van der Waals surface area contributed by atoms with Gasteiger partial charge in [0.2, 0.25) is 5.24 Å². The summed E-state index contributed by atoms with van der Waals surface area (Å²) in [5.41, 5.74) is -2.10. The summed E-state index contributed by atoms with van der Waals surface area (Å²) in [6.07, 6.45) is 0.0481. The van der Waals surface area contributed by atoms with Gasteiger partial charge in [0.15, 0.2) is 0 Å². The average Bonchev–Trinajstić information content (AvgIpc) is 2.79. The third kappa shape index (κ3) is 2.74. The maximum absolute atomic E-state index is 13.9. The van der Waals surface area contributed by atoms with Crippen molar-refractivity contribution in [1.29, 1.82) is 0 Å². The molecule has 1 unspecified atom stereocenters. The van der Waals surface area contributed by atoms with E-state index in [1.165, 1.54) is 18.3 Å². The molecule has 0 spiro atoms. The fraction of sp³-hybridized carbons (Fsp3) is 0.214. The van der Waals surface area contributed by atoms with Crippen molar-refractivity contribution in [3.8, 4) is 0 Å². The number of hydrogen-bond acceptors (Lipinski definition) is 2. The molecule has 0 saturated carbocycles. The molecular weight excluding hydrogens is 309 g/mol. The molecule has 0 radical (unpaired) electrons. The zero-order chi connectivity index (χ0) is 14.9. The summed E-state index contributed by atoms with van der Waals surface area (Å²) in [6.45, 7) is 1.35. The second-order valence-corrected chi connectivity index (χ2v) is 5.98. The Hall–Kier alpha value is -1.33. The Balaban J connectivity index is 2.56. The van der Waals surface area contributed by atoms with Gasteiger partial charge in [0, 0.05) is 22.6 Å². The van der Waals surface area contributed by atoms with Gasteiger partial charge in [-0.2, -0.15) is 0 Å². The average molecular weight is 319 g/mol. The minimum Gasteiger partial charge on any atom is -0.280 e. The monoisotopic (exact) mass is 318 g/mol. The molecule has 1 aromatic heterocycles. The maximum Gasteiger partial charge on any atom is 0.232 e. The first kappa shape index (κ1) is 15.1. The first-order valence-corrected chi connectivity index (χ1v) is 6.97. The highest BCUT2D eigenvalue weighted by Crippen LogP contribution is 2.35. The molecule has 1 aromatic carbocycles. The van der Waals surface area contributed by atoms with Gasteiger partial charge in [-0.1, -0.05) is 6.07 Å². The van der Waals surface area contributed by atoms with Crippen LogP contribution < -0.4 is 0 Å².